The van der Waals surface area contributed by atoms with Gasteiger partial charge in [0.25, 0.3) is 0 Å². The Balaban J connectivity index is 1.90. The molecule has 1 aliphatic carbocycles. The van der Waals surface area contributed by atoms with Gasteiger partial charge in [-0.2, -0.15) is 0 Å². The molecule has 2 heteroatoms. The van der Waals surface area contributed by atoms with E-state index < -0.39 is 0 Å². The van der Waals surface area contributed by atoms with Gasteiger partial charge >= 0.3 is 0 Å². The molecule has 0 radical (unpaired) electrons. The molecule has 16 heavy (non-hydrogen) atoms. The minimum absolute atomic E-state index is 0.162. The van der Waals surface area contributed by atoms with Crippen LogP contribution < -0.4 is 5.32 Å². The fourth-order valence-electron chi connectivity index (χ4n) is 2.55. The van der Waals surface area contributed by atoms with Gasteiger partial charge in [0, 0.05) is 12.6 Å². The number of benzene rings is 1. The predicted octanol–water partition coefficient (Wildman–Crippen LogP) is 3.49. The zero-order chi connectivity index (χ0) is 11.6. The number of nitrogens with one attached hydrogen (secondary N) is 1. The molecule has 1 aliphatic rings. The lowest BCUT2D eigenvalue weighted by Crippen LogP contribution is -2.37. The van der Waals surface area contributed by atoms with E-state index in [1.165, 1.54) is 31.4 Å². The van der Waals surface area contributed by atoms with Crippen LogP contribution in [0.3, 0.4) is 0 Å². The van der Waals surface area contributed by atoms with E-state index in [1.54, 1.807) is 0 Å². The van der Waals surface area contributed by atoms with Gasteiger partial charge in [-0.15, -0.1) is 0 Å². The SMILES string of the molecule is CC1(C)CCCC1NCc1ccc(F)cc1. The third kappa shape index (κ3) is 2.62. The van der Waals surface area contributed by atoms with Gasteiger partial charge in [-0.1, -0.05) is 32.4 Å². The van der Waals surface area contributed by atoms with Gasteiger partial charge in [0.1, 0.15) is 5.82 Å². The Labute approximate surface area is 97.1 Å². The maximum atomic E-state index is 12.7. The Bertz CT molecular complexity index is 342. The van der Waals surface area contributed by atoms with E-state index in [9.17, 15) is 4.39 Å². The number of hydrogen-bond donors (Lipinski definition) is 1. The Hall–Kier alpha value is -0.890. The maximum Gasteiger partial charge on any atom is 0.123 e. The van der Waals surface area contributed by atoms with E-state index in [1.807, 2.05) is 12.1 Å². The Kier molecular flexibility index (Phi) is 3.29. The molecule has 1 fully saturated rings. The van der Waals surface area contributed by atoms with E-state index in [2.05, 4.69) is 19.2 Å². The van der Waals surface area contributed by atoms with Gasteiger partial charge in [-0.05, 0) is 36.0 Å². The van der Waals surface area contributed by atoms with Gasteiger partial charge in [-0.25, -0.2) is 4.39 Å². The van der Waals surface area contributed by atoms with Crippen molar-refractivity contribution in [2.24, 2.45) is 5.41 Å². The normalized spacial score (nSPS) is 23.6. The van der Waals surface area contributed by atoms with Crippen LogP contribution in [0.25, 0.3) is 0 Å². The molecule has 0 amide bonds. The topological polar surface area (TPSA) is 12.0 Å². The number of hydrogen-bond acceptors (Lipinski definition) is 1. The summed E-state index contributed by atoms with van der Waals surface area (Å²) in [4.78, 5) is 0. The van der Waals surface area contributed by atoms with E-state index >= 15 is 0 Å². The quantitative estimate of drug-likeness (QED) is 0.823. The first-order valence-electron chi connectivity index (χ1n) is 6.06. The van der Waals surface area contributed by atoms with Crippen molar-refractivity contribution in [3.63, 3.8) is 0 Å². The average molecular weight is 221 g/mol. The summed E-state index contributed by atoms with van der Waals surface area (Å²) >= 11 is 0. The second kappa shape index (κ2) is 4.54. The van der Waals surface area contributed by atoms with E-state index in [-0.39, 0.29) is 5.82 Å². The fourth-order valence-corrected chi connectivity index (χ4v) is 2.55. The molecule has 2 rings (SSSR count). The average Bonchev–Trinajstić information content (AvgIpc) is 2.57. The predicted molar refractivity (Wildman–Crippen MR) is 64.7 cm³/mol. The summed E-state index contributed by atoms with van der Waals surface area (Å²) in [6.45, 7) is 5.49. The lowest BCUT2D eigenvalue weighted by Gasteiger charge is -2.28. The Morgan fingerprint density at radius 1 is 1.31 bits per heavy atom. The van der Waals surface area contributed by atoms with Crippen molar-refractivity contribution >= 4 is 0 Å². The molecule has 1 unspecified atom stereocenters. The molecule has 88 valence electrons. The molecule has 0 aromatic heterocycles. The minimum atomic E-state index is -0.162. The first-order valence-corrected chi connectivity index (χ1v) is 6.06. The molecule has 0 saturated heterocycles. The van der Waals surface area contributed by atoms with Crippen LogP contribution in [-0.4, -0.2) is 6.04 Å². The second-order valence-electron chi connectivity index (χ2n) is 5.44. The van der Waals surface area contributed by atoms with Crippen LogP contribution in [0, 0.1) is 11.2 Å². The summed E-state index contributed by atoms with van der Waals surface area (Å²) in [7, 11) is 0. The zero-order valence-corrected chi connectivity index (χ0v) is 10.1. The van der Waals surface area contributed by atoms with Crippen molar-refractivity contribution in [3.05, 3.63) is 35.6 Å². The monoisotopic (exact) mass is 221 g/mol. The van der Waals surface area contributed by atoms with Crippen LogP contribution >= 0.6 is 0 Å². The van der Waals surface area contributed by atoms with Gasteiger partial charge in [0.15, 0.2) is 0 Å². The standard InChI is InChI=1S/C14H20FN/c1-14(2)9-3-4-13(14)16-10-11-5-7-12(15)8-6-11/h5-8,13,16H,3-4,9-10H2,1-2H3. The summed E-state index contributed by atoms with van der Waals surface area (Å²) in [5, 5.41) is 3.59. The molecule has 1 atom stereocenters. The highest BCUT2D eigenvalue weighted by molar-refractivity contribution is 5.16. The summed E-state index contributed by atoms with van der Waals surface area (Å²) in [5.74, 6) is -0.162. The van der Waals surface area contributed by atoms with Crippen molar-refractivity contribution in [1.82, 2.24) is 5.32 Å². The minimum Gasteiger partial charge on any atom is -0.309 e. The summed E-state index contributed by atoms with van der Waals surface area (Å²) in [5.41, 5.74) is 1.56. The van der Waals surface area contributed by atoms with Crippen LogP contribution in [0.4, 0.5) is 4.39 Å². The number of halogens is 1. The van der Waals surface area contributed by atoms with Crippen molar-refractivity contribution in [2.75, 3.05) is 0 Å². The van der Waals surface area contributed by atoms with Crippen molar-refractivity contribution < 1.29 is 4.39 Å². The molecule has 1 nitrogen and oxygen atoms in total. The van der Waals surface area contributed by atoms with Gasteiger partial charge in [0.05, 0.1) is 0 Å². The summed E-state index contributed by atoms with van der Waals surface area (Å²) < 4.78 is 12.7. The second-order valence-corrected chi connectivity index (χ2v) is 5.44. The molecular formula is C14H20FN. The van der Waals surface area contributed by atoms with Gasteiger partial charge < -0.3 is 5.32 Å². The molecule has 0 spiro atoms. The first-order chi connectivity index (χ1) is 7.58. The lowest BCUT2D eigenvalue weighted by molar-refractivity contribution is 0.282. The Morgan fingerprint density at radius 2 is 2.00 bits per heavy atom. The highest BCUT2D eigenvalue weighted by Gasteiger charge is 2.33. The number of rotatable bonds is 3. The van der Waals surface area contributed by atoms with E-state index in [0.29, 0.717) is 11.5 Å². The summed E-state index contributed by atoms with van der Waals surface area (Å²) in [6.07, 6.45) is 3.87. The van der Waals surface area contributed by atoms with Crippen LogP contribution in [0.2, 0.25) is 0 Å². The smallest absolute Gasteiger partial charge is 0.123 e. The zero-order valence-electron chi connectivity index (χ0n) is 10.1. The molecule has 0 aliphatic heterocycles. The van der Waals surface area contributed by atoms with E-state index in [4.69, 9.17) is 0 Å². The van der Waals surface area contributed by atoms with Gasteiger partial charge in [0.2, 0.25) is 0 Å². The van der Waals surface area contributed by atoms with Crippen LogP contribution in [-0.2, 0) is 6.54 Å². The molecule has 1 aromatic carbocycles. The van der Waals surface area contributed by atoms with Crippen LogP contribution in [0.15, 0.2) is 24.3 Å². The largest absolute Gasteiger partial charge is 0.309 e. The van der Waals surface area contributed by atoms with Crippen molar-refractivity contribution in [1.29, 1.82) is 0 Å². The van der Waals surface area contributed by atoms with Crippen molar-refractivity contribution in [2.45, 2.75) is 45.7 Å². The fraction of sp³-hybridized carbons (Fsp3) is 0.571. The first kappa shape index (κ1) is 11.6. The molecule has 1 N–H and O–H groups in total. The van der Waals surface area contributed by atoms with Gasteiger partial charge in [-0.3, -0.25) is 0 Å². The van der Waals surface area contributed by atoms with Crippen molar-refractivity contribution in [3.8, 4) is 0 Å². The third-order valence-electron chi connectivity index (χ3n) is 3.72. The van der Waals surface area contributed by atoms with Crippen LogP contribution in [0.5, 0.6) is 0 Å². The molecule has 0 bridgehead atoms. The highest BCUT2D eigenvalue weighted by Crippen LogP contribution is 2.37. The highest BCUT2D eigenvalue weighted by atomic mass is 19.1. The Morgan fingerprint density at radius 3 is 2.56 bits per heavy atom. The summed E-state index contributed by atoms with van der Waals surface area (Å²) in [6, 6.07) is 7.35. The van der Waals surface area contributed by atoms with Crippen LogP contribution in [0.1, 0.15) is 38.7 Å². The lowest BCUT2D eigenvalue weighted by atomic mass is 9.87. The molecular weight excluding hydrogens is 201 g/mol. The molecule has 0 heterocycles. The maximum absolute atomic E-state index is 12.7. The molecule has 1 aromatic rings. The molecule has 1 saturated carbocycles. The third-order valence-corrected chi connectivity index (χ3v) is 3.72. The van der Waals surface area contributed by atoms with E-state index in [0.717, 1.165) is 12.1 Å².